The Morgan fingerprint density at radius 2 is 1.85 bits per heavy atom. The Morgan fingerprint density at radius 3 is 2.60 bits per heavy atom. The summed E-state index contributed by atoms with van der Waals surface area (Å²) < 4.78 is 0. The lowest BCUT2D eigenvalue weighted by Crippen LogP contribution is -2.06. The molecular weight excluding hydrogens is 244 g/mol. The van der Waals surface area contributed by atoms with Crippen molar-refractivity contribution in [1.29, 1.82) is 0 Å². The van der Waals surface area contributed by atoms with Gasteiger partial charge in [-0.1, -0.05) is 48.0 Å². The smallest absolute Gasteiger partial charge is 0.0833 e. The highest BCUT2D eigenvalue weighted by Gasteiger charge is 2.27. The maximum atomic E-state index is 10.6. The third-order valence-corrected chi connectivity index (χ3v) is 4.29. The maximum Gasteiger partial charge on any atom is 0.0833 e. The quantitative estimate of drug-likeness (QED) is 0.866. The number of aryl methyl sites for hydroxylation is 2. The van der Waals surface area contributed by atoms with E-state index in [1.165, 1.54) is 35.1 Å². The molecule has 0 heterocycles. The molecule has 0 aliphatic heterocycles. The average Bonchev–Trinajstić information content (AvgIpc) is 3.27. The predicted octanol–water partition coefficient (Wildman–Crippen LogP) is 4.46. The van der Waals surface area contributed by atoms with Crippen molar-refractivity contribution in [3.05, 3.63) is 70.3 Å². The fourth-order valence-electron chi connectivity index (χ4n) is 2.92. The predicted molar refractivity (Wildman–Crippen MR) is 83.0 cm³/mol. The molecule has 20 heavy (non-hydrogen) atoms. The first-order valence-corrected chi connectivity index (χ1v) is 7.48. The Labute approximate surface area is 121 Å². The second-order valence-corrected chi connectivity index (χ2v) is 6.05. The van der Waals surface area contributed by atoms with E-state index >= 15 is 0 Å². The zero-order valence-electron chi connectivity index (χ0n) is 12.3. The molecule has 1 N–H and O–H groups in total. The lowest BCUT2D eigenvalue weighted by atomic mass is 9.92. The molecule has 1 saturated carbocycles. The molecule has 1 aliphatic carbocycles. The van der Waals surface area contributed by atoms with Crippen molar-refractivity contribution in [2.75, 3.05) is 0 Å². The van der Waals surface area contributed by atoms with Crippen LogP contribution in [0.25, 0.3) is 0 Å². The summed E-state index contributed by atoms with van der Waals surface area (Å²) >= 11 is 0. The molecule has 2 aromatic rings. The van der Waals surface area contributed by atoms with Gasteiger partial charge in [-0.15, -0.1) is 0 Å². The van der Waals surface area contributed by atoms with Gasteiger partial charge in [0.1, 0.15) is 0 Å². The van der Waals surface area contributed by atoms with E-state index in [-0.39, 0.29) is 0 Å². The molecule has 0 saturated heterocycles. The van der Waals surface area contributed by atoms with Crippen LogP contribution in [0.1, 0.15) is 52.7 Å². The summed E-state index contributed by atoms with van der Waals surface area (Å²) in [5.41, 5.74) is 6.25. The minimum Gasteiger partial charge on any atom is -0.388 e. The van der Waals surface area contributed by atoms with Crippen molar-refractivity contribution in [3.8, 4) is 0 Å². The standard InChI is InChI=1S/C19H22O/c1-13-7-8-14(2)16(11-13)12-19(20)18-6-4-3-5-17(18)15-9-10-15/h3-8,11,15,19-20H,9-10,12H2,1-2H3. The molecule has 1 nitrogen and oxygen atoms in total. The zero-order valence-corrected chi connectivity index (χ0v) is 12.3. The van der Waals surface area contributed by atoms with Gasteiger partial charge in [0.25, 0.3) is 0 Å². The van der Waals surface area contributed by atoms with Crippen LogP contribution in [0, 0.1) is 13.8 Å². The van der Waals surface area contributed by atoms with Gasteiger partial charge in [0.15, 0.2) is 0 Å². The highest BCUT2D eigenvalue weighted by Crippen LogP contribution is 2.43. The number of hydrogen-bond donors (Lipinski definition) is 1. The van der Waals surface area contributed by atoms with Gasteiger partial charge in [-0.05, 0) is 54.9 Å². The number of rotatable bonds is 4. The van der Waals surface area contributed by atoms with E-state index < -0.39 is 6.10 Å². The second-order valence-electron chi connectivity index (χ2n) is 6.05. The van der Waals surface area contributed by atoms with Gasteiger partial charge in [-0.3, -0.25) is 0 Å². The summed E-state index contributed by atoms with van der Waals surface area (Å²) in [5.74, 6) is 0.680. The molecule has 2 aromatic carbocycles. The Morgan fingerprint density at radius 1 is 1.10 bits per heavy atom. The third-order valence-electron chi connectivity index (χ3n) is 4.29. The van der Waals surface area contributed by atoms with Crippen LogP contribution in [0.4, 0.5) is 0 Å². The van der Waals surface area contributed by atoms with Crippen LogP contribution in [0.2, 0.25) is 0 Å². The minimum atomic E-state index is -0.396. The zero-order chi connectivity index (χ0) is 14.1. The molecule has 0 radical (unpaired) electrons. The van der Waals surface area contributed by atoms with Crippen LogP contribution in [0.15, 0.2) is 42.5 Å². The van der Waals surface area contributed by atoms with Crippen molar-refractivity contribution in [3.63, 3.8) is 0 Å². The first kappa shape index (κ1) is 13.4. The van der Waals surface area contributed by atoms with E-state index in [1.54, 1.807) is 0 Å². The summed E-state index contributed by atoms with van der Waals surface area (Å²) in [6.45, 7) is 4.22. The molecule has 1 aliphatic rings. The van der Waals surface area contributed by atoms with E-state index in [4.69, 9.17) is 0 Å². The summed E-state index contributed by atoms with van der Waals surface area (Å²) in [7, 11) is 0. The fraction of sp³-hybridized carbons (Fsp3) is 0.368. The van der Waals surface area contributed by atoms with Gasteiger partial charge in [-0.2, -0.15) is 0 Å². The van der Waals surface area contributed by atoms with Crippen LogP contribution >= 0.6 is 0 Å². The van der Waals surface area contributed by atoms with Crippen LogP contribution < -0.4 is 0 Å². The number of hydrogen-bond acceptors (Lipinski definition) is 1. The third kappa shape index (κ3) is 2.78. The lowest BCUT2D eigenvalue weighted by molar-refractivity contribution is 0.177. The molecule has 1 fully saturated rings. The topological polar surface area (TPSA) is 20.2 Å². The molecule has 0 spiro atoms. The molecule has 1 unspecified atom stereocenters. The van der Waals surface area contributed by atoms with Crippen LogP contribution in [-0.2, 0) is 6.42 Å². The summed E-state index contributed by atoms with van der Waals surface area (Å²) in [5, 5.41) is 10.6. The van der Waals surface area contributed by atoms with E-state index in [1.807, 2.05) is 6.07 Å². The summed E-state index contributed by atoms with van der Waals surface area (Å²) in [6, 6.07) is 14.9. The molecular formula is C19H22O. The summed E-state index contributed by atoms with van der Waals surface area (Å²) in [6.07, 6.45) is 2.85. The molecule has 0 aromatic heterocycles. The van der Waals surface area contributed by atoms with E-state index in [9.17, 15) is 5.11 Å². The van der Waals surface area contributed by atoms with Crippen molar-refractivity contribution in [2.24, 2.45) is 0 Å². The number of aliphatic hydroxyl groups is 1. The number of benzene rings is 2. The first-order valence-electron chi connectivity index (χ1n) is 7.48. The van der Waals surface area contributed by atoms with Gasteiger partial charge in [-0.25, -0.2) is 0 Å². The Kier molecular flexibility index (Phi) is 3.62. The van der Waals surface area contributed by atoms with Gasteiger partial charge in [0.2, 0.25) is 0 Å². The van der Waals surface area contributed by atoms with Crippen LogP contribution in [-0.4, -0.2) is 5.11 Å². The van der Waals surface area contributed by atoms with Crippen LogP contribution in [0.5, 0.6) is 0 Å². The van der Waals surface area contributed by atoms with Crippen molar-refractivity contribution in [1.82, 2.24) is 0 Å². The van der Waals surface area contributed by atoms with Gasteiger partial charge < -0.3 is 5.11 Å². The second kappa shape index (κ2) is 5.41. The lowest BCUT2D eigenvalue weighted by Gasteiger charge is -2.17. The molecule has 3 rings (SSSR count). The van der Waals surface area contributed by atoms with Gasteiger partial charge in [0.05, 0.1) is 6.10 Å². The highest BCUT2D eigenvalue weighted by atomic mass is 16.3. The maximum absolute atomic E-state index is 10.6. The van der Waals surface area contributed by atoms with Crippen molar-refractivity contribution in [2.45, 2.75) is 45.1 Å². The Hall–Kier alpha value is -1.60. The average molecular weight is 266 g/mol. The molecule has 1 atom stereocenters. The molecule has 1 heteroatoms. The Balaban J connectivity index is 1.86. The minimum absolute atomic E-state index is 0.396. The normalized spacial score (nSPS) is 16.1. The SMILES string of the molecule is Cc1ccc(C)c(CC(O)c2ccccc2C2CC2)c1. The largest absolute Gasteiger partial charge is 0.388 e. The Bertz CT molecular complexity index is 611. The van der Waals surface area contributed by atoms with E-state index in [0.717, 1.165) is 5.56 Å². The van der Waals surface area contributed by atoms with Gasteiger partial charge >= 0.3 is 0 Å². The first-order chi connectivity index (χ1) is 9.65. The summed E-state index contributed by atoms with van der Waals surface area (Å²) in [4.78, 5) is 0. The molecule has 104 valence electrons. The van der Waals surface area contributed by atoms with Crippen LogP contribution in [0.3, 0.4) is 0 Å². The van der Waals surface area contributed by atoms with Crippen molar-refractivity contribution >= 4 is 0 Å². The van der Waals surface area contributed by atoms with E-state index in [0.29, 0.717) is 12.3 Å². The fourth-order valence-corrected chi connectivity index (χ4v) is 2.92. The monoisotopic (exact) mass is 266 g/mol. The number of aliphatic hydroxyl groups excluding tert-OH is 1. The van der Waals surface area contributed by atoms with E-state index in [2.05, 4.69) is 50.2 Å². The molecule has 0 bridgehead atoms. The van der Waals surface area contributed by atoms with Gasteiger partial charge in [0, 0.05) is 6.42 Å². The highest BCUT2D eigenvalue weighted by molar-refractivity contribution is 5.37. The van der Waals surface area contributed by atoms with Crippen molar-refractivity contribution < 1.29 is 5.11 Å². The molecule has 0 amide bonds.